The van der Waals surface area contributed by atoms with Crippen LogP contribution in [0.25, 0.3) is 11.0 Å². The molecule has 3 aromatic rings. The molecule has 8 nitrogen and oxygen atoms in total. The van der Waals surface area contributed by atoms with E-state index in [1.807, 2.05) is 25.1 Å². The molecule has 2 aliphatic rings. The molecule has 5 rings (SSSR count). The monoisotopic (exact) mass is 477 g/mol. The number of carboxylic acids is 1. The Balaban J connectivity index is 1.59. The summed E-state index contributed by atoms with van der Waals surface area (Å²) in [5.41, 5.74) is 5.07. The zero-order valence-corrected chi connectivity index (χ0v) is 20.2. The highest BCUT2D eigenvalue weighted by Crippen LogP contribution is 2.38. The van der Waals surface area contributed by atoms with E-state index in [9.17, 15) is 14.7 Å². The lowest BCUT2D eigenvalue weighted by Gasteiger charge is -2.34. The van der Waals surface area contributed by atoms with E-state index in [1.165, 1.54) is 7.11 Å². The van der Waals surface area contributed by atoms with Gasteiger partial charge in [0.25, 0.3) is 0 Å². The van der Waals surface area contributed by atoms with Crippen molar-refractivity contribution in [2.24, 2.45) is 0 Å². The Bertz CT molecular complexity index is 1260. The van der Waals surface area contributed by atoms with Crippen LogP contribution in [0.3, 0.4) is 0 Å². The molecule has 8 heteroatoms. The third-order valence-electron chi connectivity index (χ3n) is 7.32. The predicted octanol–water partition coefficient (Wildman–Crippen LogP) is 4.78. The molecule has 1 atom stereocenters. The van der Waals surface area contributed by atoms with Crippen LogP contribution in [0.4, 0.5) is 10.5 Å². The molecule has 0 saturated carbocycles. The van der Waals surface area contributed by atoms with Crippen molar-refractivity contribution in [2.75, 3.05) is 25.2 Å². The van der Waals surface area contributed by atoms with Gasteiger partial charge in [-0.15, -0.1) is 0 Å². The van der Waals surface area contributed by atoms with Gasteiger partial charge in [0.15, 0.2) is 0 Å². The third-order valence-corrected chi connectivity index (χ3v) is 7.32. The number of benzene rings is 2. The Labute approximate surface area is 204 Å². The van der Waals surface area contributed by atoms with Crippen molar-refractivity contribution in [3.05, 3.63) is 58.9 Å². The number of fused-ring (bicyclic) bond motifs is 3. The predicted molar refractivity (Wildman–Crippen MR) is 132 cm³/mol. The number of carbonyl (C=O) groups is 2. The molecule has 1 fully saturated rings. The van der Waals surface area contributed by atoms with Crippen molar-refractivity contribution >= 4 is 28.8 Å². The summed E-state index contributed by atoms with van der Waals surface area (Å²) in [6, 6.07) is 11.6. The Morgan fingerprint density at radius 1 is 1.11 bits per heavy atom. The number of aromatic nitrogens is 2. The molecule has 0 radical (unpaired) electrons. The van der Waals surface area contributed by atoms with E-state index in [4.69, 9.17) is 14.5 Å². The summed E-state index contributed by atoms with van der Waals surface area (Å²) in [5.74, 6) is 0.0355. The second-order valence-electron chi connectivity index (χ2n) is 9.36. The molecule has 0 spiro atoms. The number of methoxy groups -OCH3 is 1. The highest BCUT2D eigenvalue weighted by Gasteiger charge is 2.32. The van der Waals surface area contributed by atoms with Crippen molar-refractivity contribution in [1.29, 1.82) is 0 Å². The lowest BCUT2D eigenvalue weighted by Crippen LogP contribution is -2.42. The van der Waals surface area contributed by atoms with Gasteiger partial charge in [0.2, 0.25) is 0 Å². The van der Waals surface area contributed by atoms with Crippen molar-refractivity contribution in [3.63, 3.8) is 0 Å². The van der Waals surface area contributed by atoms with Crippen molar-refractivity contribution in [3.8, 4) is 0 Å². The average Bonchev–Trinajstić information content (AvgIpc) is 3.26. The number of carbonyl (C=O) groups excluding carboxylic acids is 1. The molecular formula is C27H31N3O5. The van der Waals surface area contributed by atoms with Gasteiger partial charge in [-0.05, 0) is 62.8 Å². The van der Waals surface area contributed by atoms with E-state index in [1.54, 1.807) is 17.0 Å². The van der Waals surface area contributed by atoms with Gasteiger partial charge in [-0.2, -0.15) is 0 Å². The zero-order chi connectivity index (χ0) is 24.5. The van der Waals surface area contributed by atoms with Crippen LogP contribution in [-0.2, 0) is 28.7 Å². The first-order valence-electron chi connectivity index (χ1n) is 12.3. The molecular weight excluding hydrogens is 446 g/mol. The number of amides is 1. The fourth-order valence-electron chi connectivity index (χ4n) is 5.54. The van der Waals surface area contributed by atoms with Gasteiger partial charge in [0.1, 0.15) is 5.82 Å². The van der Waals surface area contributed by atoms with Crippen LogP contribution in [0.15, 0.2) is 36.4 Å². The second kappa shape index (κ2) is 9.70. The average molecular weight is 478 g/mol. The number of carboxylic acid groups (broad SMARTS) is 1. The zero-order valence-electron chi connectivity index (χ0n) is 20.2. The topological polar surface area (TPSA) is 93.9 Å². The molecule has 1 N–H and O–H groups in total. The lowest BCUT2D eigenvalue weighted by molar-refractivity contribution is 0.0691. The number of anilines is 1. The largest absolute Gasteiger partial charge is 0.478 e. The van der Waals surface area contributed by atoms with Crippen LogP contribution in [0.5, 0.6) is 0 Å². The second-order valence-corrected chi connectivity index (χ2v) is 9.36. The number of nitrogens with zero attached hydrogens (tertiary/aromatic N) is 3. The SMILES string of the molecule is COC(=O)N1c2ccc3c(nc(CCc4ccccc4C(=O)O)n3C3CCOCC3)c2CCC1C. The highest BCUT2D eigenvalue weighted by atomic mass is 16.5. The minimum absolute atomic E-state index is 0.0527. The van der Waals surface area contributed by atoms with Crippen molar-refractivity contribution in [2.45, 2.75) is 57.5 Å². The normalized spacial score (nSPS) is 18.5. The van der Waals surface area contributed by atoms with Crippen LogP contribution < -0.4 is 4.90 Å². The number of aromatic carboxylic acids is 1. The van der Waals surface area contributed by atoms with Crippen LogP contribution in [-0.4, -0.2) is 53.1 Å². The van der Waals surface area contributed by atoms with E-state index >= 15 is 0 Å². The van der Waals surface area contributed by atoms with Gasteiger partial charge < -0.3 is 19.1 Å². The van der Waals surface area contributed by atoms with Crippen LogP contribution >= 0.6 is 0 Å². The van der Waals surface area contributed by atoms with Gasteiger partial charge in [-0.3, -0.25) is 4.90 Å². The quantitative estimate of drug-likeness (QED) is 0.569. The molecule has 3 heterocycles. The molecule has 0 bridgehead atoms. The third kappa shape index (κ3) is 4.27. The molecule has 2 aliphatic heterocycles. The standard InChI is InChI=1S/C27H31N3O5/c1-17-7-9-21-22(29(17)27(33)34-2)10-11-23-25(21)28-24(30(23)19-13-15-35-16-14-19)12-8-18-5-3-4-6-20(18)26(31)32/h3-6,10-11,17,19H,7-9,12-16H2,1-2H3,(H,31,32). The first-order valence-corrected chi connectivity index (χ1v) is 12.3. The summed E-state index contributed by atoms with van der Waals surface area (Å²) in [5, 5.41) is 9.60. The molecule has 184 valence electrons. The van der Waals surface area contributed by atoms with Gasteiger partial charge in [0.05, 0.1) is 29.4 Å². The first kappa shape index (κ1) is 23.4. The number of rotatable bonds is 5. The van der Waals surface area contributed by atoms with Crippen LogP contribution in [0.2, 0.25) is 0 Å². The lowest BCUT2D eigenvalue weighted by atomic mass is 9.95. The summed E-state index contributed by atoms with van der Waals surface area (Å²) < 4.78 is 13.0. The Morgan fingerprint density at radius 2 is 1.89 bits per heavy atom. The molecule has 1 unspecified atom stereocenters. The fourth-order valence-corrected chi connectivity index (χ4v) is 5.54. The van der Waals surface area contributed by atoms with Gasteiger partial charge in [0, 0.05) is 37.3 Å². The molecule has 1 saturated heterocycles. The van der Waals surface area contributed by atoms with E-state index in [0.29, 0.717) is 31.6 Å². The van der Waals surface area contributed by atoms with E-state index in [2.05, 4.69) is 10.6 Å². The summed E-state index contributed by atoms with van der Waals surface area (Å²) in [6.07, 6.45) is 4.36. The Kier molecular flexibility index (Phi) is 6.47. The minimum Gasteiger partial charge on any atom is -0.478 e. The molecule has 1 aromatic heterocycles. The number of hydrogen-bond acceptors (Lipinski definition) is 5. The molecule has 2 aromatic carbocycles. The van der Waals surface area contributed by atoms with Gasteiger partial charge in [-0.1, -0.05) is 18.2 Å². The Hall–Kier alpha value is -3.39. The van der Waals surface area contributed by atoms with E-state index in [-0.39, 0.29) is 18.2 Å². The summed E-state index contributed by atoms with van der Waals surface area (Å²) in [6.45, 7) is 3.46. The summed E-state index contributed by atoms with van der Waals surface area (Å²) >= 11 is 0. The number of ether oxygens (including phenoxy) is 2. The van der Waals surface area contributed by atoms with Crippen molar-refractivity contribution < 1.29 is 24.2 Å². The fraction of sp³-hybridized carbons (Fsp3) is 0.444. The molecule has 1 amide bonds. The maximum Gasteiger partial charge on any atom is 0.414 e. The maximum atomic E-state index is 12.6. The van der Waals surface area contributed by atoms with E-state index < -0.39 is 5.97 Å². The van der Waals surface area contributed by atoms with Crippen molar-refractivity contribution in [1.82, 2.24) is 9.55 Å². The number of imidazole rings is 1. The first-order chi connectivity index (χ1) is 17.0. The van der Waals surface area contributed by atoms with Gasteiger partial charge >= 0.3 is 12.1 Å². The van der Waals surface area contributed by atoms with E-state index in [0.717, 1.165) is 59.4 Å². The van der Waals surface area contributed by atoms with Crippen LogP contribution in [0.1, 0.15) is 59.5 Å². The molecule has 35 heavy (non-hydrogen) atoms. The summed E-state index contributed by atoms with van der Waals surface area (Å²) in [4.78, 5) is 31.1. The summed E-state index contributed by atoms with van der Waals surface area (Å²) in [7, 11) is 1.41. The maximum absolute atomic E-state index is 12.6. The van der Waals surface area contributed by atoms with Gasteiger partial charge in [-0.25, -0.2) is 14.6 Å². The smallest absolute Gasteiger partial charge is 0.414 e. The molecule has 0 aliphatic carbocycles. The Morgan fingerprint density at radius 3 is 2.63 bits per heavy atom. The highest BCUT2D eigenvalue weighted by molar-refractivity contribution is 5.95. The minimum atomic E-state index is -0.912. The number of hydrogen-bond donors (Lipinski definition) is 1. The number of aryl methyl sites for hydroxylation is 3. The van der Waals surface area contributed by atoms with Crippen LogP contribution in [0, 0.1) is 0 Å².